The van der Waals surface area contributed by atoms with Gasteiger partial charge in [0, 0.05) is 6.54 Å². The summed E-state index contributed by atoms with van der Waals surface area (Å²) in [5.74, 6) is 0.194. The maximum Gasteiger partial charge on any atom is 0.146 e. The van der Waals surface area contributed by atoms with Crippen molar-refractivity contribution < 1.29 is 9.63 Å². The second kappa shape index (κ2) is 6.31. The van der Waals surface area contributed by atoms with Crippen molar-refractivity contribution in [1.82, 2.24) is 5.32 Å². The molecule has 0 spiro atoms. The lowest BCUT2D eigenvalue weighted by Gasteiger charge is -2.21. The van der Waals surface area contributed by atoms with Gasteiger partial charge in [0.15, 0.2) is 0 Å². The standard InChI is InChI=1S/C14H18N2O2/c1-11(17)14-8-7-13(9-15-14)16-18-10-12-5-3-2-4-6-12/h2-6,14-15H,7-10H2,1H3/b16-13-/t14-/m0/s1. The molecule has 1 fully saturated rings. The highest BCUT2D eigenvalue weighted by molar-refractivity contribution is 5.90. The van der Waals surface area contributed by atoms with Gasteiger partial charge in [-0.15, -0.1) is 0 Å². The van der Waals surface area contributed by atoms with Gasteiger partial charge >= 0.3 is 0 Å². The predicted molar refractivity (Wildman–Crippen MR) is 70.4 cm³/mol. The van der Waals surface area contributed by atoms with E-state index >= 15 is 0 Å². The second-order valence-electron chi connectivity index (χ2n) is 4.50. The number of oxime groups is 1. The summed E-state index contributed by atoms with van der Waals surface area (Å²) in [6, 6.07) is 9.92. The molecule has 2 rings (SSSR count). The summed E-state index contributed by atoms with van der Waals surface area (Å²) in [5, 5.41) is 7.27. The first-order chi connectivity index (χ1) is 8.75. The fourth-order valence-electron chi connectivity index (χ4n) is 1.94. The van der Waals surface area contributed by atoms with E-state index in [0.717, 1.165) is 24.1 Å². The minimum Gasteiger partial charge on any atom is -0.391 e. The third kappa shape index (κ3) is 3.67. The Labute approximate surface area is 107 Å². The average molecular weight is 246 g/mol. The number of nitrogens with zero attached hydrogens (tertiary/aromatic N) is 1. The van der Waals surface area contributed by atoms with Crippen LogP contribution in [-0.2, 0) is 16.2 Å². The molecule has 96 valence electrons. The van der Waals surface area contributed by atoms with Crippen LogP contribution in [0.15, 0.2) is 35.5 Å². The van der Waals surface area contributed by atoms with Crippen molar-refractivity contribution in [2.45, 2.75) is 32.4 Å². The normalized spacial score (nSPS) is 21.8. The van der Waals surface area contributed by atoms with Gasteiger partial charge in [-0.25, -0.2) is 0 Å². The molecule has 0 bridgehead atoms. The molecule has 4 heteroatoms. The van der Waals surface area contributed by atoms with Crippen molar-refractivity contribution in [1.29, 1.82) is 0 Å². The summed E-state index contributed by atoms with van der Waals surface area (Å²) in [5.41, 5.74) is 2.08. The number of hydrogen-bond donors (Lipinski definition) is 1. The number of hydrogen-bond acceptors (Lipinski definition) is 4. The molecule has 0 amide bonds. The molecule has 0 radical (unpaired) electrons. The number of ketones is 1. The van der Waals surface area contributed by atoms with Crippen LogP contribution in [0.1, 0.15) is 25.3 Å². The molecule has 1 N–H and O–H groups in total. The van der Waals surface area contributed by atoms with Gasteiger partial charge in [-0.3, -0.25) is 4.79 Å². The van der Waals surface area contributed by atoms with Crippen LogP contribution in [0.25, 0.3) is 0 Å². The van der Waals surface area contributed by atoms with E-state index in [0.29, 0.717) is 13.2 Å². The fraction of sp³-hybridized carbons (Fsp3) is 0.429. The fourth-order valence-corrected chi connectivity index (χ4v) is 1.94. The van der Waals surface area contributed by atoms with E-state index < -0.39 is 0 Å². The number of rotatable bonds is 4. The molecule has 1 saturated heterocycles. The number of Topliss-reactive ketones (excluding diaryl/α,β-unsaturated/α-hetero) is 1. The first kappa shape index (κ1) is 12.8. The number of carbonyl (C=O) groups excluding carboxylic acids is 1. The maximum absolute atomic E-state index is 11.2. The van der Waals surface area contributed by atoms with Crippen LogP contribution in [-0.4, -0.2) is 24.1 Å². The van der Waals surface area contributed by atoms with E-state index in [1.807, 2.05) is 30.3 Å². The van der Waals surface area contributed by atoms with Gasteiger partial charge in [-0.1, -0.05) is 35.5 Å². The van der Waals surface area contributed by atoms with Crippen LogP contribution in [0.2, 0.25) is 0 Å². The minimum absolute atomic E-state index is 0.0157. The van der Waals surface area contributed by atoms with Gasteiger partial charge in [-0.2, -0.15) is 0 Å². The third-order valence-corrected chi connectivity index (χ3v) is 3.03. The Morgan fingerprint density at radius 3 is 2.83 bits per heavy atom. The van der Waals surface area contributed by atoms with E-state index in [1.165, 1.54) is 0 Å². The SMILES string of the molecule is CC(=O)[C@@H]1CC/C(=N/OCc2ccccc2)CN1. The molecule has 1 heterocycles. The second-order valence-corrected chi connectivity index (χ2v) is 4.50. The summed E-state index contributed by atoms with van der Waals surface area (Å²) in [6.07, 6.45) is 1.63. The molecule has 1 atom stereocenters. The molecule has 0 saturated carbocycles. The Morgan fingerprint density at radius 1 is 1.44 bits per heavy atom. The van der Waals surface area contributed by atoms with Crippen LogP contribution >= 0.6 is 0 Å². The summed E-state index contributed by atoms with van der Waals surface area (Å²) in [4.78, 5) is 16.5. The topological polar surface area (TPSA) is 50.7 Å². The third-order valence-electron chi connectivity index (χ3n) is 3.03. The Kier molecular flexibility index (Phi) is 4.47. The van der Waals surface area contributed by atoms with Crippen molar-refractivity contribution in [2.75, 3.05) is 6.54 Å². The Balaban J connectivity index is 1.76. The van der Waals surface area contributed by atoms with Crippen molar-refractivity contribution in [2.24, 2.45) is 5.16 Å². The smallest absolute Gasteiger partial charge is 0.146 e. The highest BCUT2D eigenvalue weighted by Crippen LogP contribution is 2.08. The van der Waals surface area contributed by atoms with E-state index in [4.69, 9.17) is 4.84 Å². The lowest BCUT2D eigenvalue weighted by molar-refractivity contribution is -0.119. The first-order valence-corrected chi connectivity index (χ1v) is 6.21. The molecule has 1 aromatic carbocycles. The summed E-state index contributed by atoms with van der Waals surface area (Å²) in [6.45, 7) is 2.74. The molecule has 0 aromatic heterocycles. The van der Waals surface area contributed by atoms with Gasteiger partial charge in [0.25, 0.3) is 0 Å². The average Bonchev–Trinajstić information content (AvgIpc) is 2.40. The zero-order valence-corrected chi connectivity index (χ0v) is 10.6. The van der Waals surface area contributed by atoms with E-state index in [9.17, 15) is 4.79 Å². The zero-order chi connectivity index (χ0) is 12.8. The monoisotopic (exact) mass is 246 g/mol. The Bertz CT molecular complexity index is 419. The minimum atomic E-state index is -0.0157. The largest absolute Gasteiger partial charge is 0.391 e. The maximum atomic E-state index is 11.2. The van der Waals surface area contributed by atoms with E-state index in [1.54, 1.807) is 6.92 Å². The summed E-state index contributed by atoms with van der Waals surface area (Å²) in [7, 11) is 0. The van der Waals surface area contributed by atoms with E-state index in [2.05, 4.69) is 10.5 Å². The van der Waals surface area contributed by atoms with Gasteiger partial charge in [0.05, 0.1) is 11.8 Å². The predicted octanol–water partition coefficient (Wildman–Crippen LogP) is 1.90. The first-order valence-electron chi connectivity index (χ1n) is 6.21. The van der Waals surface area contributed by atoms with Crippen molar-refractivity contribution in [3.8, 4) is 0 Å². The van der Waals surface area contributed by atoms with Crippen LogP contribution in [0.4, 0.5) is 0 Å². The van der Waals surface area contributed by atoms with Gasteiger partial charge < -0.3 is 10.2 Å². The number of benzene rings is 1. The molecule has 1 aromatic rings. The number of nitrogens with one attached hydrogen (secondary N) is 1. The quantitative estimate of drug-likeness (QED) is 0.825. The molecule has 1 aliphatic rings. The highest BCUT2D eigenvalue weighted by Gasteiger charge is 2.20. The van der Waals surface area contributed by atoms with Crippen molar-refractivity contribution in [3.05, 3.63) is 35.9 Å². The van der Waals surface area contributed by atoms with Gasteiger partial charge in [0.2, 0.25) is 0 Å². The number of piperidine rings is 1. The van der Waals surface area contributed by atoms with E-state index in [-0.39, 0.29) is 11.8 Å². The van der Waals surface area contributed by atoms with Gasteiger partial charge in [0.1, 0.15) is 12.4 Å². The molecule has 4 nitrogen and oxygen atoms in total. The molecule has 0 unspecified atom stereocenters. The molecule has 18 heavy (non-hydrogen) atoms. The lowest BCUT2D eigenvalue weighted by Crippen LogP contribution is -2.43. The zero-order valence-electron chi connectivity index (χ0n) is 10.6. The highest BCUT2D eigenvalue weighted by atomic mass is 16.6. The van der Waals surface area contributed by atoms with Crippen LogP contribution < -0.4 is 5.32 Å². The molecule has 0 aliphatic carbocycles. The molecular formula is C14H18N2O2. The van der Waals surface area contributed by atoms with Crippen LogP contribution in [0.3, 0.4) is 0 Å². The summed E-state index contributed by atoms with van der Waals surface area (Å²) >= 11 is 0. The molecular weight excluding hydrogens is 228 g/mol. The van der Waals surface area contributed by atoms with Crippen molar-refractivity contribution in [3.63, 3.8) is 0 Å². The van der Waals surface area contributed by atoms with Gasteiger partial charge in [-0.05, 0) is 25.3 Å². The van der Waals surface area contributed by atoms with Crippen molar-refractivity contribution >= 4 is 11.5 Å². The van der Waals surface area contributed by atoms with Crippen LogP contribution in [0.5, 0.6) is 0 Å². The van der Waals surface area contributed by atoms with Crippen LogP contribution in [0, 0.1) is 0 Å². The Morgan fingerprint density at radius 2 is 2.22 bits per heavy atom. The lowest BCUT2D eigenvalue weighted by atomic mass is 10.0. The molecule has 1 aliphatic heterocycles. The Hall–Kier alpha value is -1.68. The number of carbonyl (C=O) groups is 1. The summed E-state index contributed by atoms with van der Waals surface area (Å²) < 4.78 is 0.